The molecule has 0 unspecified atom stereocenters. The first-order chi connectivity index (χ1) is 9.27. The van der Waals surface area contributed by atoms with Crippen molar-refractivity contribution in [3.05, 3.63) is 20.3 Å². The fourth-order valence-electron chi connectivity index (χ4n) is 2.04. The molecule has 1 aliphatic rings. The number of carbonyl (C=O) groups is 1. The molecule has 0 N–H and O–H groups in total. The highest BCUT2D eigenvalue weighted by atomic mass is 35.5. The molecule has 9 heteroatoms. The molecule has 0 radical (unpaired) electrons. The zero-order valence-corrected chi connectivity index (χ0v) is 13.9. The summed E-state index contributed by atoms with van der Waals surface area (Å²) in [5, 5.41) is 0. The predicted molar refractivity (Wildman–Crippen MR) is 81.5 cm³/mol. The minimum Gasteiger partial charge on any atom is -0.293 e. The fourth-order valence-corrected chi connectivity index (χ4v) is 4.36. The van der Waals surface area contributed by atoms with E-state index in [0.29, 0.717) is 40.4 Å². The number of Topliss-reactive ketones (excluding diaryl/α,β-unsaturated/α-hetero) is 1. The third-order valence-corrected chi connectivity index (χ3v) is 5.92. The van der Waals surface area contributed by atoms with Crippen molar-refractivity contribution < 1.29 is 13.2 Å². The molecule has 1 aromatic rings. The lowest BCUT2D eigenvalue weighted by Gasteiger charge is -2.32. The largest absolute Gasteiger partial charge is 0.293 e. The van der Waals surface area contributed by atoms with Gasteiger partial charge in [-0.1, -0.05) is 23.2 Å². The number of sulfonamides is 1. The highest BCUT2D eigenvalue weighted by Gasteiger charge is 2.25. The summed E-state index contributed by atoms with van der Waals surface area (Å²) in [6, 6.07) is 1.57. The van der Waals surface area contributed by atoms with Gasteiger partial charge in [0.2, 0.25) is 10.0 Å². The quantitative estimate of drug-likeness (QED) is 0.772. The lowest BCUT2D eigenvalue weighted by atomic mass is 10.2. The van der Waals surface area contributed by atoms with Gasteiger partial charge in [0.05, 0.1) is 22.7 Å². The van der Waals surface area contributed by atoms with Crippen molar-refractivity contribution in [2.75, 3.05) is 39.0 Å². The van der Waals surface area contributed by atoms with Gasteiger partial charge in [0.15, 0.2) is 5.78 Å². The van der Waals surface area contributed by atoms with Crippen molar-refractivity contribution in [2.45, 2.75) is 0 Å². The maximum Gasteiger partial charge on any atom is 0.211 e. The fraction of sp³-hybridized carbons (Fsp3) is 0.545. The number of rotatable bonds is 4. The second-order valence-corrected chi connectivity index (χ2v) is 8.87. The van der Waals surface area contributed by atoms with Crippen LogP contribution in [-0.4, -0.2) is 62.4 Å². The highest BCUT2D eigenvalue weighted by molar-refractivity contribution is 7.88. The Morgan fingerprint density at radius 1 is 1.30 bits per heavy atom. The van der Waals surface area contributed by atoms with Crippen LogP contribution in [0, 0.1) is 0 Å². The average molecular weight is 357 g/mol. The van der Waals surface area contributed by atoms with Crippen LogP contribution in [0.3, 0.4) is 0 Å². The SMILES string of the molecule is CS(=O)(=O)N1CCN(CC(=O)c2cc(Cl)sc2Cl)CC1. The molecular formula is C11H14Cl2N2O3S2. The second-order valence-electron chi connectivity index (χ2n) is 4.60. The van der Waals surface area contributed by atoms with E-state index in [-0.39, 0.29) is 12.3 Å². The summed E-state index contributed by atoms with van der Waals surface area (Å²) in [6.45, 7) is 2.11. The summed E-state index contributed by atoms with van der Waals surface area (Å²) in [5.74, 6) is -0.0917. The van der Waals surface area contributed by atoms with E-state index in [2.05, 4.69) is 0 Å². The molecule has 1 aliphatic heterocycles. The lowest BCUT2D eigenvalue weighted by Crippen LogP contribution is -2.49. The third-order valence-electron chi connectivity index (χ3n) is 3.12. The van der Waals surface area contributed by atoms with Gasteiger partial charge in [-0.15, -0.1) is 11.3 Å². The van der Waals surface area contributed by atoms with E-state index in [4.69, 9.17) is 23.2 Å². The van der Waals surface area contributed by atoms with Crippen LogP contribution in [0.15, 0.2) is 6.07 Å². The lowest BCUT2D eigenvalue weighted by molar-refractivity contribution is 0.0902. The number of hydrogen-bond donors (Lipinski definition) is 0. The molecule has 112 valence electrons. The number of carbonyl (C=O) groups excluding carboxylic acids is 1. The first-order valence-corrected chi connectivity index (χ1v) is 9.35. The Kier molecular flexibility index (Phi) is 5.09. The van der Waals surface area contributed by atoms with Crippen molar-refractivity contribution in [3.63, 3.8) is 0 Å². The Labute approximate surface area is 132 Å². The summed E-state index contributed by atoms with van der Waals surface area (Å²) >= 11 is 12.9. The predicted octanol–water partition coefficient (Wildman–Crippen LogP) is 1.81. The van der Waals surface area contributed by atoms with Gasteiger partial charge >= 0.3 is 0 Å². The van der Waals surface area contributed by atoms with Crippen LogP contribution in [-0.2, 0) is 10.0 Å². The molecule has 0 atom stereocenters. The number of nitrogens with zero attached hydrogens (tertiary/aromatic N) is 2. The Morgan fingerprint density at radius 2 is 1.90 bits per heavy atom. The molecule has 1 fully saturated rings. The van der Waals surface area contributed by atoms with Gasteiger partial charge in [0.1, 0.15) is 4.34 Å². The second kappa shape index (κ2) is 6.29. The summed E-state index contributed by atoms with van der Waals surface area (Å²) in [6.07, 6.45) is 1.20. The number of piperazine rings is 1. The maximum atomic E-state index is 12.1. The molecule has 0 bridgehead atoms. The van der Waals surface area contributed by atoms with Gasteiger partial charge in [-0.25, -0.2) is 8.42 Å². The van der Waals surface area contributed by atoms with E-state index < -0.39 is 10.0 Å². The van der Waals surface area contributed by atoms with Crippen molar-refractivity contribution in [1.82, 2.24) is 9.21 Å². The number of halogens is 2. The summed E-state index contributed by atoms with van der Waals surface area (Å²) in [7, 11) is -3.15. The minimum absolute atomic E-state index is 0.0917. The molecule has 5 nitrogen and oxygen atoms in total. The Morgan fingerprint density at radius 3 is 2.35 bits per heavy atom. The molecule has 0 spiro atoms. The van der Waals surface area contributed by atoms with Gasteiger partial charge in [-0.05, 0) is 6.07 Å². The van der Waals surface area contributed by atoms with Crippen LogP contribution in [0.1, 0.15) is 10.4 Å². The van der Waals surface area contributed by atoms with Gasteiger partial charge in [-0.2, -0.15) is 4.31 Å². The number of thiophene rings is 1. The minimum atomic E-state index is -3.15. The zero-order valence-electron chi connectivity index (χ0n) is 10.8. The van der Waals surface area contributed by atoms with Crippen LogP contribution in [0.2, 0.25) is 8.67 Å². The first kappa shape index (κ1) is 16.2. The average Bonchev–Trinajstić information content (AvgIpc) is 2.68. The smallest absolute Gasteiger partial charge is 0.211 e. The van der Waals surface area contributed by atoms with Gasteiger partial charge in [0.25, 0.3) is 0 Å². The van der Waals surface area contributed by atoms with E-state index in [1.54, 1.807) is 6.07 Å². The molecule has 0 amide bonds. The van der Waals surface area contributed by atoms with E-state index in [9.17, 15) is 13.2 Å². The monoisotopic (exact) mass is 356 g/mol. The van der Waals surface area contributed by atoms with E-state index in [0.717, 1.165) is 0 Å². The van der Waals surface area contributed by atoms with E-state index in [1.807, 2.05) is 4.90 Å². The molecule has 2 heterocycles. The summed E-state index contributed by atoms with van der Waals surface area (Å²) in [4.78, 5) is 14.0. The van der Waals surface area contributed by atoms with Gasteiger partial charge in [-0.3, -0.25) is 9.69 Å². The Balaban J connectivity index is 1.93. The Bertz CT molecular complexity index is 607. The topological polar surface area (TPSA) is 57.7 Å². The van der Waals surface area contributed by atoms with Crippen molar-refractivity contribution in [2.24, 2.45) is 0 Å². The van der Waals surface area contributed by atoms with Crippen LogP contribution < -0.4 is 0 Å². The standard InChI is InChI=1S/C11H14Cl2N2O3S2/c1-20(17,18)15-4-2-14(3-5-15)7-9(16)8-6-10(12)19-11(8)13/h6H,2-5,7H2,1H3. The van der Waals surface area contributed by atoms with Gasteiger partial charge < -0.3 is 0 Å². The van der Waals surface area contributed by atoms with Gasteiger partial charge in [0, 0.05) is 26.2 Å². The highest BCUT2D eigenvalue weighted by Crippen LogP contribution is 2.31. The molecule has 20 heavy (non-hydrogen) atoms. The number of ketones is 1. The maximum absolute atomic E-state index is 12.1. The normalized spacial score (nSPS) is 18.4. The van der Waals surface area contributed by atoms with Crippen LogP contribution >= 0.6 is 34.5 Å². The molecule has 0 saturated carbocycles. The van der Waals surface area contributed by atoms with Crippen molar-refractivity contribution in [3.8, 4) is 0 Å². The molecule has 2 rings (SSSR count). The molecule has 0 aliphatic carbocycles. The summed E-state index contributed by atoms with van der Waals surface area (Å²) < 4.78 is 25.1. The third kappa shape index (κ3) is 3.93. The number of hydrogen-bond acceptors (Lipinski definition) is 5. The Hall–Kier alpha value is -0.180. The van der Waals surface area contributed by atoms with E-state index >= 15 is 0 Å². The molecular weight excluding hydrogens is 343 g/mol. The van der Waals surface area contributed by atoms with E-state index in [1.165, 1.54) is 21.9 Å². The first-order valence-electron chi connectivity index (χ1n) is 5.93. The zero-order chi connectivity index (χ0) is 14.9. The molecule has 0 aromatic carbocycles. The van der Waals surface area contributed by atoms with Crippen molar-refractivity contribution in [1.29, 1.82) is 0 Å². The van der Waals surface area contributed by atoms with Crippen LogP contribution in [0.4, 0.5) is 0 Å². The van der Waals surface area contributed by atoms with Crippen LogP contribution in [0.5, 0.6) is 0 Å². The van der Waals surface area contributed by atoms with Crippen molar-refractivity contribution >= 4 is 50.3 Å². The molecule has 1 saturated heterocycles. The van der Waals surface area contributed by atoms with Crippen LogP contribution in [0.25, 0.3) is 0 Å². The molecule has 1 aromatic heterocycles. The summed E-state index contributed by atoms with van der Waals surface area (Å²) in [5.41, 5.74) is 0.437.